The van der Waals surface area contributed by atoms with Gasteiger partial charge < -0.3 is 10.0 Å². The highest BCUT2D eigenvalue weighted by molar-refractivity contribution is 7.81. The van der Waals surface area contributed by atoms with Crippen LogP contribution in [0.3, 0.4) is 0 Å². The predicted octanol–water partition coefficient (Wildman–Crippen LogP) is 5.66. The molecule has 0 heterocycles. The Kier molecular flexibility index (Phi) is 6.95. The second-order valence-corrected chi connectivity index (χ2v) is 9.06. The molecule has 1 atom stereocenters. The van der Waals surface area contributed by atoms with E-state index in [4.69, 9.17) is 5.11 Å². The standard InChI is InChI=1S/C27H26N2O4S/c1-28(2)25-7-3-6-24-23(25)5-4-8-26(24)29(34(32)33)22-17-13-20(14-18-22)10-9-19-11-15-21(16-12-19)27(30)31/h3-8,11-18H,9-10H2,1-2H3,(H,30,31)(H,32,33). The zero-order valence-electron chi connectivity index (χ0n) is 19.0. The minimum absolute atomic E-state index is 0.274. The zero-order valence-corrected chi connectivity index (χ0v) is 19.8. The van der Waals surface area contributed by atoms with Gasteiger partial charge in [0.05, 0.1) is 16.9 Å². The maximum absolute atomic E-state index is 12.4. The van der Waals surface area contributed by atoms with Gasteiger partial charge in [-0.25, -0.2) is 13.3 Å². The molecule has 2 N–H and O–H groups in total. The van der Waals surface area contributed by atoms with Gasteiger partial charge in [-0.15, -0.1) is 0 Å². The first kappa shape index (κ1) is 23.5. The Morgan fingerprint density at radius 1 is 0.765 bits per heavy atom. The van der Waals surface area contributed by atoms with Crippen molar-refractivity contribution in [1.29, 1.82) is 0 Å². The Bertz CT molecular complexity index is 1340. The number of hydrogen-bond acceptors (Lipinski definition) is 3. The molecule has 0 aliphatic carbocycles. The average Bonchev–Trinajstić information content (AvgIpc) is 2.83. The van der Waals surface area contributed by atoms with Gasteiger partial charge >= 0.3 is 5.97 Å². The maximum atomic E-state index is 12.4. The highest BCUT2D eigenvalue weighted by Gasteiger charge is 2.18. The van der Waals surface area contributed by atoms with Gasteiger partial charge in [-0.3, -0.25) is 4.55 Å². The van der Waals surface area contributed by atoms with Gasteiger partial charge in [0.25, 0.3) is 11.3 Å². The van der Waals surface area contributed by atoms with Crippen molar-refractivity contribution >= 4 is 45.1 Å². The van der Waals surface area contributed by atoms with Gasteiger partial charge in [-0.1, -0.05) is 48.5 Å². The highest BCUT2D eigenvalue weighted by Crippen LogP contribution is 2.36. The molecule has 0 fully saturated rings. The second kappa shape index (κ2) is 10.1. The third-order valence-electron chi connectivity index (χ3n) is 5.81. The Hall–Kier alpha value is -3.68. The number of rotatable bonds is 8. The van der Waals surface area contributed by atoms with Crippen LogP contribution in [0.2, 0.25) is 0 Å². The van der Waals surface area contributed by atoms with Gasteiger partial charge in [-0.2, -0.15) is 0 Å². The molecule has 0 aliphatic heterocycles. The fourth-order valence-corrected chi connectivity index (χ4v) is 4.69. The topological polar surface area (TPSA) is 81.1 Å². The third-order valence-corrected chi connectivity index (χ3v) is 6.53. The Morgan fingerprint density at radius 3 is 1.76 bits per heavy atom. The van der Waals surface area contributed by atoms with Crippen LogP contribution in [-0.4, -0.2) is 33.9 Å². The number of nitrogens with zero attached hydrogens (tertiary/aromatic N) is 2. The van der Waals surface area contributed by atoms with Crippen LogP contribution < -0.4 is 9.21 Å². The Morgan fingerprint density at radius 2 is 1.26 bits per heavy atom. The van der Waals surface area contributed by atoms with Crippen LogP contribution in [0.4, 0.5) is 17.1 Å². The first-order chi connectivity index (χ1) is 16.3. The van der Waals surface area contributed by atoms with E-state index in [1.807, 2.05) is 91.8 Å². The smallest absolute Gasteiger partial charge is 0.335 e. The van der Waals surface area contributed by atoms with Crippen LogP contribution in [0.5, 0.6) is 0 Å². The first-order valence-electron chi connectivity index (χ1n) is 10.9. The SMILES string of the molecule is CN(C)c1cccc2c(N(c3ccc(CCc4ccc(C(=O)O)cc4)cc3)S(=O)O)cccc12. The number of fused-ring (bicyclic) bond motifs is 1. The fraction of sp³-hybridized carbons (Fsp3) is 0.148. The van der Waals surface area contributed by atoms with E-state index in [1.54, 1.807) is 12.1 Å². The molecule has 0 aromatic heterocycles. The molecule has 34 heavy (non-hydrogen) atoms. The number of hydrogen-bond donors (Lipinski definition) is 2. The molecule has 4 rings (SSSR count). The van der Waals surface area contributed by atoms with E-state index in [0.29, 0.717) is 11.4 Å². The van der Waals surface area contributed by atoms with Crippen molar-refractivity contribution in [3.05, 3.63) is 102 Å². The number of carboxylic acids is 1. The van der Waals surface area contributed by atoms with Crippen LogP contribution in [-0.2, 0) is 24.1 Å². The summed E-state index contributed by atoms with van der Waals surface area (Å²) in [6, 6.07) is 26.2. The van der Waals surface area contributed by atoms with Crippen molar-refractivity contribution in [2.45, 2.75) is 12.8 Å². The van der Waals surface area contributed by atoms with Crippen molar-refractivity contribution in [1.82, 2.24) is 0 Å². The highest BCUT2D eigenvalue weighted by atomic mass is 32.2. The first-order valence-corrected chi connectivity index (χ1v) is 11.9. The van der Waals surface area contributed by atoms with E-state index in [2.05, 4.69) is 0 Å². The molecule has 0 aliphatic rings. The summed E-state index contributed by atoms with van der Waals surface area (Å²) >= 11 is -2.25. The van der Waals surface area contributed by atoms with E-state index >= 15 is 0 Å². The molecule has 0 saturated carbocycles. The molecule has 0 spiro atoms. The molecular weight excluding hydrogens is 448 g/mol. The number of benzene rings is 4. The van der Waals surface area contributed by atoms with Crippen molar-refractivity contribution in [3.8, 4) is 0 Å². The van der Waals surface area contributed by atoms with Crippen LogP contribution in [0.1, 0.15) is 21.5 Å². The Balaban J connectivity index is 1.58. The maximum Gasteiger partial charge on any atom is 0.335 e. The number of carboxylic acid groups (broad SMARTS) is 1. The van der Waals surface area contributed by atoms with E-state index in [1.165, 1.54) is 4.31 Å². The van der Waals surface area contributed by atoms with Gasteiger partial charge in [0, 0.05) is 30.6 Å². The lowest BCUT2D eigenvalue weighted by Gasteiger charge is -2.23. The molecule has 4 aromatic carbocycles. The van der Waals surface area contributed by atoms with Crippen LogP contribution in [0.15, 0.2) is 84.9 Å². The molecule has 4 aromatic rings. The molecule has 1 unspecified atom stereocenters. The lowest BCUT2D eigenvalue weighted by molar-refractivity contribution is 0.0697. The molecule has 174 valence electrons. The van der Waals surface area contributed by atoms with Crippen LogP contribution in [0.25, 0.3) is 10.8 Å². The summed E-state index contributed by atoms with van der Waals surface area (Å²) in [7, 11) is 3.95. The summed E-state index contributed by atoms with van der Waals surface area (Å²) < 4.78 is 24.0. The lowest BCUT2D eigenvalue weighted by Crippen LogP contribution is -2.19. The summed E-state index contributed by atoms with van der Waals surface area (Å²) in [5, 5.41) is 10.9. The molecular formula is C27H26N2O4S. The number of aromatic carboxylic acids is 1. The van der Waals surface area contributed by atoms with E-state index in [0.717, 1.165) is 40.4 Å². The summed E-state index contributed by atoms with van der Waals surface area (Å²) in [5.74, 6) is -0.933. The monoisotopic (exact) mass is 474 g/mol. The average molecular weight is 475 g/mol. The summed E-state index contributed by atoms with van der Waals surface area (Å²) in [6.07, 6.45) is 1.54. The van der Waals surface area contributed by atoms with Gasteiger partial charge in [0.1, 0.15) is 0 Å². The van der Waals surface area contributed by atoms with Crippen molar-refractivity contribution in [3.63, 3.8) is 0 Å². The normalized spacial score (nSPS) is 11.9. The quantitative estimate of drug-likeness (QED) is 0.322. The molecule has 0 amide bonds. The summed E-state index contributed by atoms with van der Waals surface area (Å²) in [4.78, 5) is 13.0. The predicted molar refractivity (Wildman–Crippen MR) is 138 cm³/mol. The molecule has 0 bridgehead atoms. The fourth-order valence-electron chi connectivity index (χ4n) is 4.06. The van der Waals surface area contributed by atoms with E-state index in [-0.39, 0.29) is 5.56 Å². The van der Waals surface area contributed by atoms with E-state index < -0.39 is 17.2 Å². The van der Waals surface area contributed by atoms with E-state index in [9.17, 15) is 13.6 Å². The number of aryl methyl sites for hydroxylation is 2. The van der Waals surface area contributed by atoms with Crippen molar-refractivity contribution in [2.75, 3.05) is 23.3 Å². The van der Waals surface area contributed by atoms with Gasteiger partial charge in [0.2, 0.25) is 0 Å². The lowest BCUT2D eigenvalue weighted by atomic mass is 10.0. The van der Waals surface area contributed by atoms with Gasteiger partial charge in [0.15, 0.2) is 0 Å². The summed E-state index contributed by atoms with van der Waals surface area (Å²) in [6.45, 7) is 0. The van der Waals surface area contributed by atoms with Crippen molar-refractivity contribution in [2.24, 2.45) is 0 Å². The zero-order chi connectivity index (χ0) is 24.2. The third kappa shape index (κ3) is 4.95. The largest absolute Gasteiger partial charge is 0.478 e. The number of carbonyl (C=O) groups is 1. The minimum Gasteiger partial charge on any atom is -0.478 e. The minimum atomic E-state index is -2.25. The molecule has 6 nitrogen and oxygen atoms in total. The molecule has 0 radical (unpaired) electrons. The molecule has 7 heteroatoms. The van der Waals surface area contributed by atoms with Gasteiger partial charge in [-0.05, 0) is 60.4 Å². The second-order valence-electron chi connectivity index (χ2n) is 8.24. The van der Waals surface area contributed by atoms with Crippen LogP contribution in [0, 0.1) is 0 Å². The number of anilines is 3. The van der Waals surface area contributed by atoms with Crippen molar-refractivity contribution < 1.29 is 18.7 Å². The molecule has 0 saturated heterocycles. The summed E-state index contributed by atoms with van der Waals surface area (Å²) in [5.41, 5.74) is 4.74. The Labute approximate surface area is 201 Å². The van der Waals surface area contributed by atoms with Crippen LogP contribution >= 0.6 is 0 Å².